The molecule has 4 aromatic rings. The molecule has 0 spiro atoms. The van der Waals surface area contributed by atoms with E-state index >= 15 is 0 Å². The van der Waals surface area contributed by atoms with Crippen LogP contribution in [0.2, 0.25) is 0 Å². The maximum absolute atomic E-state index is 13.0. The molecule has 0 saturated heterocycles. The zero-order valence-electron chi connectivity index (χ0n) is 20.5. The first-order valence-electron chi connectivity index (χ1n) is 12.0. The van der Waals surface area contributed by atoms with E-state index in [0.717, 1.165) is 34.1 Å². The van der Waals surface area contributed by atoms with E-state index in [1.165, 1.54) is 0 Å². The Bertz CT molecular complexity index is 1640. The Morgan fingerprint density at radius 1 is 1.11 bits per heavy atom. The molecule has 8 heteroatoms. The van der Waals surface area contributed by atoms with Gasteiger partial charge in [-0.25, -0.2) is 9.97 Å². The topological polar surface area (TPSA) is 118 Å². The average molecular weight is 477 g/mol. The van der Waals surface area contributed by atoms with Gasteiger partial charge in [-0.15, -0.1) is 0 Å². The Labute approximate surface area is 208 Å². The molecule has 0 amide bonds. The molecule has 0 radical (unpaired) electrons. The number of carbonyl (C=O) groups is 1. The molecule has 3 atom stereocenters. The standard InChI is InChI=1S/C28H24N6O2/c1-15-23(35)17(14-29)13-28(4)24-20(9-11-27(15,28)3)22(26-31-16(2)36-34-26)32-25(33-24)19-10-12-30-21-8-6-5-7-18(19)21/h5-8,10,12-13,15H,9,11H2,1-4H3/t15-,27?,28-/m0/s1. The van der Waals surface area contributed by atoms with Crippen LogP contribution in [0.5, 0.6) is 0 Å². The number of hydrogen-bond acceptors (Lipinski definition) is 8. The van der Waals surface area contributed by atoms with Gasteiger partial charge in [-0.05, 0) is 37.3 Å². The highest BCUT2D eigenvalue weighted by molar-refractivity contribution is 6.02. The van der Waals surface area contributed by atoms with E-state index in [4.69, 9.17) is 14.5 Å². The van der Waals surface area contributed by atoms with Crippen LogP contribution in [-0.2, 0) is 16.6 Å². The van der Waals surface area contributed by atoms with Gasteiger partial charge < -0.3 is 4.52 Å². The number of fused-ring (bicyclic) bond motifs is 4. The molecule has 2 aliphatic carbocycles. The molecule has 1 aromatic carbocycles. The van der Waals surface area contributed by atoms with Crippen molar-refractivity contribution in [2.24, 2.45) is 11.3 Å². The summed E-state index contributed by atoms with van der Waals surface area (Å²) in [6.45, 7) is 7.89. The van der Waals surface area contributed by atoms with Crippen molar-refractivity contribution in [3.05, 3.63) is 65.3 Å². The van der Waals surface area contributed by atoms with Gasteiger partial charge in [0.2, 0.25) is 11.7 Å². The van der Waals surface area contributed by atoms with Gasteiger partial charge in [0.05, 0.1) is 16.8 Å². The van der Waals surface area contributed by atoms with Gasteiger partial charge in [-0.3, -0.25) is 9.78 Å². The summed E-state index contributed by atoms with van der Waals surface area (Å²) in [5, 5.41) is 14.9. The van der Waals surface area contributed by atoms with Crippen molar-refractivity contribution in [1.29, 1.82) is 5.26 Å². The van der Waals surface area contributed by atoms with Gasteiger partial charge >= 0.3 is 0 Å². The van der Waals surface area contributed by atoms with E-state index in [0.29, 0.717) is 29.7 Å². The molecule has 0 aliphatic heterocycles. The summed E-state index contributed by atoms with van der Waals surface area (Å²) in [4.78, 5) is 32.2. The minimum atomic E-state index is -0.674. The number of benzene rings is 1. The van der Waals surface area contributed by atoms with Crippen LogP contribution in [0.4, 0.5) is 0 Å². The number of aromatic nitrogens is 5. The molecule has 0 fully saturated rings. The lowest BCUT2D eigenvalue weighted by molar-refractivity contribution is -0.125. The van der Waals surface area contributed by atoms with Crippen molar-refractivity contribution in [3.8, 4) is 29.0 Å². The maximum Gasteiger partial charge on any atom is 0.223 e. The third-order valence-electron chi connectivity index (χ3n) is 8.38. The van der Waals surface area contributed by atoms with Gasteiger partial charge in [0, 0.05) is 41.0 Å². The average Bonchev–Trinajstić information content (AvgIpc) is 3.33. The fourth-order valence-corrected chi connectivity index (χ4v) is 5.93. The smallest absolute Gasteiger partial charge is 0.223 e. The van der Waals surface area contributed by atoms with Crippen LogP contribution < -0.4 is 0 Å². The number of aryl methyl sites for hydroxylation is 1. The molecule has 1 unspecified atom stereocenters. The van der Waals surface area contributed by atoms with Gasteiger partial charge in [-0.1, -0.05) is 43.3 Å². The summed E-state index contributed by atoms with van der Waals surface area (Å²) in [6.07, 6.45) is 4.97. The van der Waals surface area contributed by atoms with E-state index < -0.39 is 10.8 Å². The summed E-state index contributed by atoms with van der Waals surface area (Å²) in [5.41, 5.74) is 3.10. The Morgan fingerprint density at radius 2 is 1.92 bits per heavy atom. The highest BCUT2D eigenvalue weighted by Crippen LogP contribution is 2.58. The summed E-state index contributed by atoms with van der Waals surface area (Å²) in [6, 6.07) is 11.9. The monoisotopic (exact) mass is 476 g/mol. The fourth-order valence-electron chi connectivity index (χ4n) is 5.93. The second kappa shape index (κ2) is 7.62. The maximum atomic E-state index is 13.0. The molecule has 8 nitrogen and oxygen atoms in total. The molecular weight excluding hydrogens is 452 g/mol. The molecule has 3 heterocycles. The molecule has 0 bridgehead atoms. The van der Waals surface area contributed by atoms with Crippen LogP contribution in [-0.4, -0.2) is 30.9 Å². The summed E-state index contributed by atoms with van der Waals surface area (Å²) in [7, 11) is 0. The number of nitriles is 1. The fraction of sp³-hybridized carbons (Fsp3) is 0.321. The lowest BCUT2D eigenvalue weighted by Gasteiger charge is -2.53. The van der Waals surface area contributed by atoms with Crippen molar-refractivity contribution < 1.29 is 9.32 Å². The highest BCUT2D eigenvalue weighted by atomic mass is 16.5. The van der Waals surface area contributed by atoms with E-state index in [1.807, 2.05) is 43.3 Å². The van der Waals surface area contributed by atoms with E-state index in [-0.39, 0.29) is 17.3 Å². The Kier molecular flexibility index (Phi) is 4.71. The number of allylic oxidation sites excluding steroid dienone is 2. The summed E-state index contributed by atoms with van der Waals surface area (Å²) >= 11 is 0. The van der Waals surface area contributed by atoms with Gasteiger partial charge in [0.25, 0.3) is 0 Å². The van der Waals surface area contributed by atoms with Crippen molar-refractivity contribution in [1.82, 2.24) is 25.1 Å². The highest BCUT2D eigenvalue weighted by Gasteiger charge is 2.57. The zero-order valence-corrected chi connectivity index (χ0v) is 20.5. The third kappa shape index (κ3) is 2.92. The summed E-state index contributed by atoms with van der Waals surface area (Å²) < 4.78 is 5.31. The number of Topliss-reactive ketones (excluding diaryl/α,β-unsaturated/α-hetero) is 1. The third-order valence-corrected chi connectivity index (χ3v) is 8.38. The minimum Gasteiger partial charge on any atom is -0.339 e. The zero-order chi connectivity index (χ0) is 25.2. The van der Waals surface area contributed by atoms with Crippen LogP contribution in [0.15, 0.2) is 52.7 Å². The van der Waals surface area contributed by atoms with Crippen LogP contribution in [0.1, 0.15) is 44.3 Å². The molecule has 0 saturated carbocycles. The van der Waals surface area contributed by atoms with Crippen LogP contribution in [0.25, 0.3) is 33.8 Å². The van der Waals surface area contributed by atoms with Crippen molar-refractivity contribution >= 4 is 16.7 Å². The van der Waals surface area contributed by atoms with Crippen molar-refractivity contribution in [2.45, 2.75) is 46.0 Å². The molecule has 3 aromatic heterocycles. The van der Waals surface area contributed by atoms with Gasteiger partial charge in [0.1, 0.15) is 11.8 Å². The number of carbonyl (C=O) groups excluding carboxylic acids is 1. The molecule has 36 heavy (non-hydrogen) atoms. The molecule has 6 rings (SSSR count). The van der Waals surface area contributed by atoms with Crippen molar-refractivity contribution in [2.75, 3.05) is 0 Å². The predicted molar refractivity (Wildman–Crippen MR) is 132 cm³/mol. The SMILES string of the molecule is Cc1nc(-c2nc(-c3ccnc4ccccc34)nc3c2CCC2(C)[C@@H](C)C(=O)C(C#N)=C[C@@]32C)no1. The lowest BCUT2D eigenvalue weighted by Crippen LogP contribution is -2.54. The molecule has 0 N–H and O–H groups in total. The van der Waals surface area contributed by atoms with Crippen LogP contribution >= 0.6 is 0 Å². The molecule has 178 valence electrons. The van der Waals surface area contributed by atoms with Gasteiger partial charge in [-0.2, -0.15) is 10.2 Å². The van der Waals surface area contributed by atoms with Crippen LogP contribution in [0.3, 0.4) is 0 Å². The molecular formula is C28H24N6O2. The number of nitrogens with zero attached hydrogens (tertiary/aromatic N) is 6. The van der Waals surface area contributed by atoms with E-state index in [1.54, 1.807) is 13.1 Å². The Balaban J connectivity index is 1.70. The Morgan fingerprint density at radius 3 is 2.67 bits per heavy atom. The number of pyridine rings is 1. The van der Waals surface area contributed by atoms with Crippen molar-refractivity contribution in [3.63, 3.8) is 0 Å². The number of para-hydroxylation sites is 1. The van der Waals surface area contributed by atoms with E-state index in [9.17, 15) is 10.1 Å². The minimum absolute atomic E-state index is 0.107. The van der Waals surface area contributed by atoms with Gasteiger partial charge in [0.15, 0.2) is 11.6 Å². The molecule has 2 aliphatic rings. The quantitative estimate of drug-likeness (QED) is 0.400. The first kappa shape index (κ1) is 22.2. The number of rotatable bonds is 2. The number of ketones is 1. The van der Waals surface area contributed by atoms with Crippen LogP contribution in [0, 0.1) is 29.6 Å². The Hall–Kier alpha value is -4.25. The first-order chi connectivity index (χ1) is 17.3. The second-order valence-corrected chi connectivity index (χ2v) is 10.1. The summed E-state index contributed by atoms with van der Waals surface area (Å²) in [5.74, 6) is 0.938. The van der Waals surface area contributed by atoms with E-state index in [2.05, 4.69) is 35.0 Å². The number of hydrogen-bond donors (Lipinski definition) is 0. The largest absolute Gasteiger partial charge is 0.339 e. The lowest BCUT2D eigenvalue weighted by atomic mass is 9.49. The first-order valence-corrected chi connectivity index (χ1v) is 12.0. The predicted octanol–water partition coefficient (Wildman–Crippen LogP) is 4.93. The second-order valence-electron chi connectivity index (χ2n) is 10.1. The normalized spacial score (nSPS) is 25.1.